The van der Waals surface area contributed by atoms with Crippen molar-refractivity contribution in [3.8, 4) is 0 Å². The van der Waals surface area contributed by atoms with Gasteiger partial charge >= 0.3 is 6.09 Å². The van der Waals surface area contributed by atoms with E-state index in [1.807, 2.05) is 41.5 Å². The lowest BCUT2D eigenvalue weighted by atomic mass is 10.2. The number of rotatable bonds is 2. The van der Waals surface area contributed by atoms with Gasteiger partial charge in [-0.1, -0.05) is 6.42 Å². The Bertz CT molecular complexity index is 385. The summed E-state index contributed by atoms with van der Waals surface area (Å²) in [5, 5.41) is 0. The average molecular weight is 318 g/mol. The fourth-order valence-electron chi connectivity index (χ4n) is 2.06. The SMILES string of the molecule is CC(C)(C)OC(=O)N1CCCCC(NS(=O)C(C)(C)C)C1. The van der Waals surface area contributed by atoms with Gasteiger partial charge in [0.05, 0.1) is 15.7 Å². The van der Waals surface area contributed by atoms with Crippen molar-refractivity contribution < 1.29 is 13.7 Å². The molecule has 1 saturated heterocycles. The number of hydrogen-bond acceptors (Lipinski definition) is 3. The predicted octanol–water partition coefficient (Wildman–Crippen LogP) is 2.83. The first kappa shape index (κ1) is 18.4. The first-order valence-corrected chi connectivity index (χ1v) is 8.80. The average Bonchev–Trinajstić information content (AvgIpc) is 2.51. The van der Waals surface area contributed by atoms with E-state index < -0.39 is 16.6 Å². The fourth-order valence-corrected chi connectivity index (χ4v) is 2.91. The summed E-state index contributed by atoms with van der Waals surface area (Å²) in [6, 6.07) is 0.0556. The highest BCUT2D eigenvalue weighted by atomic mass is 32.2. The molecule has 0 spiro atoms. The third-order valence-corrected chi connectivity index (χ3v) is 4.81. The van der Waals surface area contributed by atoms with Gasteiger partial charge in [-0.05, 0) is 54.4 Å². The van der Waals surface area contributed by atoms with Crippen LogP contribution in [-0.4, -0.2) is 44.7 Å². The monoisotopic (exact) mass is 318 g/mol. The normalized spacial score (nSPS) is 22.6. The van der Waals surface area contributed by atoms with Gasteiger partial charge in [0.2, 0.25) is 0 Å². The largest absolute Gasteiger partial charge is 0.444 e. The molecule has 0 bridgehead atoms. The maximum Gasteiger partial charge on any atom is 0.410 e. The molecule has 6 heteroatoms. The minimum absolute atomic E-state index is 0.0556. The molecular weight excluding hydrogens is 288 g/mol. The quantitative estimate of drug-likeness (QED) is 0.851. The molecule has 124 valence electrons. The number of nitrogens with zero attached hydrogens (tertiary/aromatic N) is 1. The molecule has 0 saturated carbocycles. The zero-order chi connectivity index (χ0) is 16.3. The molecule has 5 nitrogen and oxygen atoms in total. The summed E-state index contributed by atoms with van der Waals surface area (Å²) in [4.78, 5) is 13.9. The lowest BCUT2D eigenvalue weighted by Gasteiger charge is -2.29. The van der Waals surface area contributed by atoms with Crippen LogP contribution in [0.3, 0.4) is 0 Å². The third-order valence-electron chi connectivity index (χ3n) is 3.15. The predicted molar refractivity (Wildman–Crippen MR) is 86.5 cm³/mol. The van der Waals surface area contributed by atoms with Crippen LogP contribution in [-0.2, 0) is 15.7 Å². The molecule has 2 atom stereocenters. The van der Waals surface area contributed by atoms with Crippen LogP contribution in [0.15, 0.2) is 0 Å². The second-order valence-corrected chi connectivity index (χ2v) is 9.62. The van der Waals surface area contributed by atoms with E-state index >= 15 is 0 Å². The van der Waals surface area contributed by atoms with Gasteiger partial charge in [-0.25, -0.2) is 13.7 Å². The Morgan fingerprint density at radius 2 is 1.81 bits per heavy atom. The van der Waals surface area contributed by atoms with Gasteiger partial charge in [-0.2, -0.15) is 0 Å². The minimum atomic E-state index is -1.12. The Kier molecular flexibility index (Phi) is 6.23. The van der Waals surface area contributed by atoms with Crippen molar-refractivity contribution in [3.63, 3.8) is 0 Å². The van der Waals surface area contributed by atoms with Crippen molar-refractivity contribution in [1.29, 1.82) is 0 Å². The standard InChI is InChI=1S/C15H30N2O3S/c1-14(2,3)20-13(18)17-10-8-7-9-12(11-17)16-21(19)15(4,5)6/h12,16H,7-11H2,1-6H3. The second kappa shape index (κ2) is 7.09. The van der Waals surface area contributed by atoms with E-state index in [1.54, 1.807) is 4.90 Å². The zero-order valence-corrected chi connectivity index (χ0v) is 15.0. The van der Waals surface area contributed by atoms with E-state index in [1.165, 1.54) is 0 Å². The van der Waals surface area contributed by atoms with E-state index in [0.717, 1.165) is 19.3 Å². The maximum atomic E-state index is 12.2. The summed E-state index contributed by atoms with van der Waals surface area (Å²) in [6.45, 7) is 12.7. The molecule has 21 heavy (non-hydrogen) atoms. The number of likely N-dealkylation sites (tertiary alicyclic amines) is 1. The molecule has 0 aromatic rings. The lowest BCUT2D eigenvalue weighted by molar-refractivity contribution is 0.0247. The molecule has 1 aliphatic rings. The summed E-state index contributed by atoms with van der Waals surface area (Å²) in [5.74, 6) is 0. The van der Waals surface area contributed by atoms with Gasteiger partial charge in [0.25, 0.3) is 0 Å². The Balaban J connectivity index is 2.64. The van der Waals surface area contributed by atoms with Crippen LogP contribution in [0.1, 0.15) is 60.8 Å². The molecule has 1 fully saturated rings. The Hall–Kier alpha value is -0.620. The summed E-state index contributed by atoms with van der Waals surface area (Å²) in [6.07, 6.45) is 2.64. The van der Waals surface area contributed by atoms with Crippen LogP contribution >= 0.6 is 0 Å². The number of amides is 1. The Morgan fingerprint density at radius 3 is 2.33 bits per heavy atom. The summed E-state index contributed by atoms with van der Waals surface area (Å²) >= 11 is 0. The van der Waals surface area contributed by atoms with Crippen LogP contribution < -0.4 is 4.72 Å². The molecule has 1 rings (SSSR count). The highest BCUT2D eigenvalue weighted by Crippen LogP contribution is 2.17. The number of ether oxygens (including phenoxy) is 1. The molecule has 1 amide bonds. The summed E-state index contributed by atoms with van der Waals surface area (Å²) in [5.41, 5.74) is -0.486. The van der Waals surface area contributed by atoms with Crippen LogP contribution in [0.25, 0.3) is 0 Å². The van der Waals surface area contributed by atoms with Gasteiger partial charge in [0, 0.05) is 19.1 Å². The van der Waals surface area contributed by atoms with Crippen LogP contribution in [0.5, 0.6) is 0 Å². The maximum absolute atomic E-state index is 12.2. The van der Waals surface area contributed by atoms with Gasteiger partial charge in [-0.3, -0.25) is 0 Å². The van der Waals surface area contributed by atoms with Crippen LogP contribution in [0, 0.1) is 0 Å². The second-order valence-electron chi connectivity index (χ2n) is 7.62. The highest BCUT2D eigenvalue weighted by Gasteiger charge is 2.29. The van der Waals surface area contributed by atoms with Crippen molar-refractivity contribution in [3.05, 3.63) is 0 Å². The summed E-state index contributed by atoms with van der Waals surface area (Å²) < 4.78 is 20.5. The number of carbonyl (C=O) groups is 1. The molecular formula is C15H30N2O3S. The lowest BCUT2D eigenvalue weighted by Crippen LogP contribution is -2.47. The van der Waals surface area contributed by atoms with Crippen LogP contribution in [0.4, 0.5) is 4.79 Å². The summed E-state index contributed by atoms with van der Waals surface area (Å²) in [7, 11) is -1.12. The van der Waals surface area contributed by atoms with Gasteiger partial charge in [0.1, 0.15) is 5.60 Å². The molecule has 0 aliphatic carbocycles. The number of carbonyl (C=O) groups excluding carboxylic acids is 1. The van der Waals surface area contributed by atoms with Crippen molar-refractivity contribution in [2.75, 3.05) is 13.1 Å². The van der Waals surface area contributed by atoms with E-state index in [2.05, 4.69) is 4.72 Å². The Morgan fingerprint density at radius 1 is 1.19 bits per heavy atom. The van der Waals surface area contributed by atoms with Gasteiger partial charge in [-0.15, -0.1) is 0 Å². The van der Waals surface area contributed by atoms with E-state index in [-0.39, 0.29) is 16.9 Å². The van der Waals surface area contributed by atoms with E-state index in [4.69, 9.17) is 4.74 Å². The van der Waals surface area contributed by atoms with Crippen LogP contribution in [0.2, 0.25) is 0 Å². The van der Waals surface area contributed by atoms with Gasteiger partial charge < -0.3 is 9.64 Å². The van der Waals surface area contributed by atoms with Gasteiger partial charge in [0.15, 0.2) is 0 Å². The highest BCUT2D eigenvalue weighted by molar-refractivity contribution is 7.84. The van der Waals surface area contributed by atoms with Crippen molar-refractivity contribution >= 4 is 17.1 Å². The molecule has 0 aromatic carbocycles. The molecule has 1 aliphatic heterocycles. The zero-order valence-electron chi connectivity index (χ0n) is 14.2. The van der Waals surface area contributed by atoms with E-state index in [0.29, 0.717) is 13.1 Å². The Labute approximate surface area is 131 Å². The molecule has 1 N–H and O–H groups in total. The molecule has 0 aromatic heterocycles. The number of hydrogen-bond donors (Lipinski definition) is 1. The van der Waals surface area contributed by atoms with Crippen molar-refractivity contribution in [2.24, 2.45) is 0 Å². The fraction of sp³-hybridized carbons (Fsp3) is 0.933. The van der Waals surface area contributed by atoms with E-state index in [9.17, 15) is 9.00 Å². The minimum Gasteiger partial charge on any atom is -0.444 e. The molecule has 0 radical (unpaired) electrons. The van der Waals surface area contributed by atoms with Crippen molar-refractivity contribution in [1.82, 2.24) is 9.62 Å². The first-order valence-electron chi connectivity index (χ1n) is 7.65. The third kappa shape index (κ3) is 6.78. The topological polar surface area (TPSA) is 58.6 Å². The first-order chi connectivity index (χ1) is 9.49. The molecule has 1 heterocycles. The smallest absolute Gasteiger partial charge is 0.410 e. The number of nitrogens with one attached hydrogen (secondary N) is 1. The molecule has 2 unspecified atom stereocenters. The van der Waals surface area contributed by atoms with Crippen molar-refractivity contribution in [2.45, 2.75) is 77.2 Å².